The van der Waals surface area contributed by atoms with Crippen LogP contribution in [0.1, 0.15) is 60.4 Å². The minimum absolute atomic E-state index is 0.0426. The van der Waals surface area contributed by atoms with E-state index in [1.54, 1.807) is 30.5 Å². The molecule has 4 aromatic carbocycles. The number of hydrogen-bond acceptors (Lipinski definition) is 6. The van der Waals surface area contributed by atoms with Gasteiger partial charge in [-0.25, -0.2) is 8.78 Å². The first kappa shape index (κ1) is 33.5. The van der Waals surface area contributed by atoms with Crippen molar-refractivity contribution in [2.24, 2.45) is 0 Å². The summed E-state index contributed by atoms with van der Waals surface area (Å²) >= 11 is 0. The highest BCUT2D eigenvalue weighted by Gasteiger charge is 2.14. The zero-order valence-electron chi connectivity index (χ0n) is 26.6. The number of rotatable bonds is 11. The number of halogens is 2. The van der Waals surface area contributed by atoms with Gasteiger partial charge >= 0.3 is 0 Å². The molecule has 0 spiro atoms. The quantitative estimate of drug-likeness (QED) is 0.114. The van der Waals surface area contributed by atoms with E-state index in [1.807, 2.05) is 56.3 Å². The van der Waals surface area contributed by atoms with Crippen LogP contribution >= 0.6 is 0 Å². The fourth-order valence-electron chi connectivity index (χ4n) is 5.36. The molecule has 5 rings (SSSR count). The number of carbonyl (C=O) groups excluding carboxylic acids is 1. The number of nitrogens with zero attached hydrogens (tertiary/aromatic N) is 2. The van der Waals surface area contributed by atoms with Crippen LogP contribution in [0.3, 0.4) is 0 Å². The van der Waals surface area contributed by atoms with E-state index < -0.39 is 11.7 Å². The van der Waals surface area contributed by atoms with Crippen LogP contribution in [0.5, 0.6) is 11.5 Å². The number of ether oxygens (including phenoxy) is 2. The third-order valence-electron chi connectivity index (χ3n) is 8.07. The summed E-state index contributed by atoms with van der Waals surface area (Å²) in [5.74, 6) is -0.372. The predicted octanol–water partition coefficient (Wildman–Crippen LogP) is 9.06. The Balaban J connectivity index is 1.43. The maximum absolute atomic E-state index is 15.8. The van der Waals surface area contributed by atoms with Crippen LogP contribution in [-0.2, 0) is 13.2 Å². The van der Waals surface area contributed by atoms with E-state index in [9.17, 15) is 9.90 Å². The third kappa shape index (κ3) is 7.38. The van der Waals surface area contributed by atoms with Gasteiger partial charge in [-0.3, -0.25) is 9.78 Å². The van der Waals surface area contributed by atoms with Gasteiger partial charge in [-0.05, 0) is 83.6 Å². The molecule has 0 saturated carbocycles. The Kier molecular flexibility index (Phi) is 10.5. The van der Waals surface area contributed by atoms with Crippen LogP contribution in [-0.4, -0.2) is 23.5 Å². The second-order valence-corrected chi connectivity index (χ2v) is 11.1. The van der Waals surface area contributed by atoms with Crippen LogP contribution in [0.15, 0.2) is 91.3 Å². The third-order valence-corrected chi connectivity index (χ3v) is 8.07. The van der Waals surface area contributed by atoms with Gasteiger partial charge in [0.25, 0.3) is 0 Å². The van der Waals surface area contributed by atoms with E-state index in [4.69, 9.17) is 14.7 Å². The van der Waals surface area contributed by atoms with Crippen molar-refractivity contribution in [1.82, 2.24) is 4.98 Å². The summed E-state index contributed by atoms with van der Waals surface area (Å²) in [6.45, 7) is 3.64. The monoisotopic (exact) mass is 642 g/mol. The number of nitriles is 1. The number of hydrogen-bond donors (Lipinski definition) is 1. The van der Waals surface area contributed by atoms with Crippen molar-refractivity contribution < 1.29 is 28.2 Å². The smallest absolute Gasteiger partial charge is 0.153 e. The molecule has 0 aliphatic rings. The number of aromatic nitrogens is 1. The van der Waals surface area contributed by atoms with Gasteiger partial charge in [0, 0.05) is 34.6 Å². The highest BCUT2D eigenvalue weighted by molar-refractivity contribution is 5.86. The molecule has 0 atom stereocenters. The van der Waals surface area contributed by atoms with Crippen LogP contribution < -0.4 is 9.47 Å². The molecule has 8 heteroatoms. The van der Waals surface area contributed by atoms with Gasteiger partial charge in [0.1, 0.15) is 35.8 Å². The molecule has 0 amide bonds. The van der Waals surface area contributed by atoms with Crippen LogP contribution in [0.25, 0.3) is 34.9 Å². The Morgan fingerprint density at radius 3 is 2.00 bits per heavy atom. The lowest BCUT2D eigenvalue weighted by Gasteiger charge is -2.14. The minimum Gasteiger partial charge on any atom is -0.496 e. The van der Waals surface area contributed by atoms with Gasteiger partial charge in [-0.2, -0.15) is 5.26 Å². The topological polar surface area (TPSA) is 92.4 Å². The molecule has 1 heterocycles. The number of benzene rings is 4. The average molecular weight is 643 g/mol. The number of aliphatic hydroxyl groups is 1. The molecule has 0 unspecified atom stereocenters. The van der Waals surface area contributed by atoms with Crippen molar-refractivity contribution in [3.63, 3.8) is 0 Å². The van der Waals surface area contributed by atoms with Crippen molar-refractivity contribution in [2.75, 3.05) is 7.11 Å². The first-order valence-electron chi connectivity index (χ1n) is 15.0. The van der Waals surface area contributed by atoms with E-state index in [2.05, 4.69) is 4.98 Å². The zero-order valence-corrected chi connectivity index (χ0v) is 26.6. The molecular formula is C40H32F2N2O4. The summed E-state index contributed by atoms with van der Waals surface area (Å²) < 4.78 is 42.3. The lowest BCUT2D eigenvalue weighted by Crippen LogP contribution is -2.00. The van der Waals surface area contributed by atoms with Gasteiger partial charge in [-0.1, -0.05) is 54.6 Å². The summed E-state index contributed by atoms with van der Waals surface area (Å²) in [6, 6.07) is 24.1. The summed E-state index contributed by atoms with van der Waals surface area (Å²) in [4.78, 5) is 15.7. The maximum atomic E-state index is 15.8. The Labute approximate surface area is 277 Å². The summed E-state index contributed by atoms with van der Waals surface area (Å²) in [5, 5.41) is 18.6. The lowest BCUT2D eigenvalue weighted by atomic mass is 9.91. The van der Waals surface area contributed by atoms with Gasteiger partial charge in [0.15, 0.2) is 6.29 Å². The first-order chi connectivity index (χ1) is 23.3. The molecule has 240 valence electrons. The molecule has 48 heavy (non-hydrogen) atoms. The first-order valence-corrected chi connectivity index (χ1v) is 15.0. The van der Waals surface area contributed by atoms with Crippen molar-refractivity contribution in [3.05, 3.63) is 147 Å². The van der Waals surface area contributed by atoms with Crippen LogP contribution in [0.4, 0.5) is 8.78 Å². The average Bonchev–Trinajstić information content (AvgIpc) is 3.12. The number of pyridine rings is 1. The Morgan fingerprint density at radius 2 is 1.44 bits per heavy atom. The van der Waals surface area contributed by atoms with E-state index in [-0.39, 0.29) is 30.1 Å². The molecule has 0 bridgehead atoms. The summed E-state index contributed by atoms with van der Waals surface area (Å²) in [6.07, 6.45) is 6.53. The van der Waals surface area contributed by atoms with Crippen LogP contribution in [0, 0.1) is 25.2 Å². The van der Waals surface area contributed by atoms with E-state index >= 15 is 8.78 Å². The number of carbonyl (C=O) groups is 1. The van der Waals surface area contributed by atoms with Crippen molar-refractivity contribution in [1.29, 1.82) is 5.26 Å². The molecule has 1 N–H and O–H groups in total. The largest absolute Gasteiger partial charge is 0.496 e. The predicted molar refractivity (Wildman–Crippen MR) is 183 cm³/mol. The lowest BCUT2D eigenvalue weighted by molar-refractivity contribution is 0.111. The molecule has 6 nitrogen and oxygen atoms in total. The van der Waals surface area contributed by atoms with Gasteiger partial charge < -0.3 is 14.6 Å². The molecular weight excluding hydrogens is 610 g/mol. The highest BCUT2D eigenvalue weighted by Crippen LogP contribution is 2.35. The second-order valence-electron chi connectivity index (χ2n) is 11.1. The maximum Gasteiger partial charge on any atom is 0.153 e. The molecule has 0 fully saturated rings. The Hall–Kier alpha value is -5.91. The summed E-state index contributed by atoms with van der Waals surface area (Å²) in [5.41, 5.74) is 7.13. The van der Waals surface area contributed by atoms with Gasteiger partial charge in [0.05, 0.1) is 24.8 Å². The SMILES string of the molecule is COc1cc(/C(F)=C/c2cccc(-c3cccc(/C=C(\F)c4ccc(C=O)c(OCc5cncc(C#N)c5)c4)c3C)c2C)ccc1CO. The molecule has 0 radical (unpaired) electrons. The Morgan fingerprint density at radius 1 is 0.833 bits per heavy atom. The Bertz CT molecular complexity index is 2100. The van der Waals surface area contributed by atoms with Gasteiger partial charge in [0.2, 0.25) is 0 Å². The van der Waals surface area contributed by atoms with Crippen molar-refractivity contribution in [2.45, 2.75) is 27.1 Å². The number of methoxy groups -OCH3 is 1. The fourth-order valence-corrected chi connectivity index (χ4v) is 5.36. The molecule has 0 saturated heterocycles. The fraction of sp³-hybridized carbons (Fsp3) is 0.125. The van der Waals surface area contributed by atoms with E-state index in [1.165, 1.54) is 43.7 Å². The second kappa shape index (κ2) is 15.1. The van der Waals surface area contributed by atoms with E-state index in [0.717, 1.165) is 22.3 Å². The zero-order chi connectivity index (χ0) is 34.2. The van der Waals surface area contributed by atoms with E-state index in [0.29, 0.717) is 45.4 Å². The normalized spacial score (nSPS) is 11.6. The van der Waals surface area contributed by atoms with Gasteiger partial charge in [-0.15, -0.1) is 0 Å². The molecule has 0 aliphatic heterocycles. The molecule has 1 aromatic heterocycles. The standard InChI is InChI=1S/C40H32F2N2O4/c1-25-29(15-37(41)31-10-12-33(22-45)39(17-31)47-3)6-4-8-35(25)36-9-5-7-30(26(36)2)16-38(42)32-11-13-34(23-46)40(18-32)48-24-28-14-27(19-43)20-44-21-28/h4-18,20-21,23,45H,22,24H2,1-3H3/b37-15-,38-16-. The number of aldehydes is 1. The number of aliphatic hydroxyl groups excluding tert-OH is 1. The minimum atomic E-state index is -0.524. The van der Waals surface area contributed by atoms with Crippen LogP contribution in [0.2, 0.25) is 0 Å². The highest BCUT2D eigenvalue weighted by atomic mass is 19.1. The molecule has 0 aliphatic carbocycles. The molecule has 5 aromatic rings. The summed E-state index contributed by atoms with van der Waals surface area (Å²) in [7, 11) is 1.47. The van der Waals surface area contributed by atoms with Crippen molar-refractivity contribution >= 4 is 30.1 Å². The van der Waals surface area contributed by atoms with Crippen molar-refractivity contribution in [3.8, 4) is 28.7 Å².